The maximum absolute atomic E-state index is 13.4. The van der Waals surface area contributed by atoms with E-state index in [0.29, 0.717) is 18.9 Å². The summed E-state index contributed by atoms with van der Waals surface area (Å²) in [5, 5.41) is -0.999. The van der Waals surface area contributed by atoms with E-state index in [9.17, 15) is 26.4 Å². The number of benzene rings is 1. The van der Waals surface area contributed by atoms with Crippen LogP contribution in [0.2, 0.25) is 0 Å². The first-order chi connectivity index (χ1) is 10.1. The van der Waals surface area contributed by atoms with E-state index in [4.69, 9.17) is 11.6 Å². The van der Waals surface area contributed by atoms with Gasteiger partial charge in [0.05, 0.1) is 10.3 Å². The largest absolute Gasteiger partial charge is 0.416 e. The van der Waals surface area contributed by atoms with Crippen LogP contribution in [0.4, 0.5) is 13.2 Å². The van der Waals surface area contributed by atoms with Crippen molar-refractivity contribution < 1.29 is 26.4 Å². The molecule has 1 fully saturated rings. The number of halogens is 4. The molecular weight excluding hydrogens is 341 g/mol. The maximum atomic E-state index is 13.4. The predicted molar refractivity (Wildman–Crippen MR) is 76.8 cm³/mol. The predicted octanol–water partition coefficient (Wildman–Crippen LogP) is 3.77. The second-order valence-electron chi connectivity index (χ2n) is 5.48. The third kappa shape index (κ3) is 2.88. The second-order valence-corrected chi connectivity index (χ2v) is 7.19. The third-order valence-corrected chi connectivity index (χ3v) is 5.75. The van der Waals surface area contributed by atoms with Gasteiger partial charge in [0.2, 0.25) is 0 Å². The van der Waals surface area contributed by atoms with Gasteiger partial charge in [-0.3, -0.25) is 4.79 Å². The lowest BCUT2D eigenvalue weighted by Crippen LogP contribution is -2.28. The minimum atomic E-state index is -4.76. The molecule has 0 atom stereocenters. The number of thiol groups is 1. The monoisotopic (exact) mass is 354 g/mol. The van der Waals surface area contributed by atoms with Crippen molar-refractivity contribution in [3.05, 3.63) is 34.4 Å². The van der Waals surface area contributed by atoms with E-state index >= 15 is 0 Å². The third-order valence-electron chi connectivity index (χ3n) is 4.16. The van der Waals surface area contributed by atoms with E-state index in [-0.39, 0.29) is 29.5 Å². The molecule has 22 heavy (non-hydrogen) atoms. The lowest BCUT2D eigenvalue weighted by atomic mass is 9.88. The Bertz CT molecular complexity index is 681. The zero-order chi connectivity index (χ0) is 16.7. The van der Waals surface area contributed by atoms with Crippen molar-refractivity contribution >= 4 is 27.5 Å². The highest BCUT2D eigenvalue weighted by Crippen LogP contribution is 2.47. The Labute approximate surface area is 132 Å². The van der Waals surface area contributed by atoms with E-state index in [1.54, 1.807) is 0 Å². The molecule has 0 N–H and O–H groups in total. The molecule has 0 unspecified atom stereocenters. The minimum Gasteiger partial charge on any atom is -0.276 e. The Morgan fingerprint density at radius 2 is 1.77 bits per heavy atom. The fourth-order valence-electron chi connectivity index (χ4n) is 3.05. The summed E-state index contributed by atoms with van der Waals surface area (Å²) in [7, 11) is -3.08. The van der Waals surface area contributed by atoms with Gasteiger partial charge in [-0.2, -0.15) is 13.2 Å². The SMILES string of the molecule is Cc1cc(C2([SH](=O)=O)CCCC2)c(C(F)(F)F)cc1C(=O)Cl. The highest BCUT2D eigenvalue weighted by atomic mass is 35.5. The molecule has 0 aliphatic heterocycles. The highest BCUT2D eigenvalue weighted by Gasteiger charge is 2.46. The van der Waals surface area contributed by atoms with Crippen molar-refractivity contribution in [2.45, 2.75) is 43.5 Å². The standard InChI is InChI=1S/C14H14ClF3O3S/c1-8-6-10(13(22(20)21)4-2-3-5-13)11(14(16,17)18)7-9(8)12(15)19/h6-7,22H,2-5H2,1H3. The van der Waals surface area contributed by atoms with Gasteiger partial charge in [0, 0.05) is 5.56 Å². The van der Waals surface area contributed by atoms with Crippen LogP contribution in [0.25, 0.3) is 0 Å². The van der Waals surface area contributed by atoms with Crippen LogP contribution in [-0.2, 0) is 21.6 Å². The molecule has 0 spiro atoms. The number of carbonyl (C=O) groups is 1. The first-order valence-corrected chi connectivity index (χ1v) is 8.22. The van der Waals surface area contributed by atoms with Gasteiger partial charge in [0.1, 0.15) is 10.7 Å². The van der Waals surface area contributed by atoms with Gasteiger partial charge in [0.15, 0.2) is 0 Å². The summed E-state index contributed by atoms with van der Waals surface area (Å²) in [6.45, 7) is 1.44. The molecule has 1 saturated carbocycles. The molecule has 0 amide bonds. The van der Waals surface area contributed by atoms with E-state index in [0.717, 1.165) is 6.07 Å². The lowest BCUT2D eigenvalue weighted by molar-refractivity contribution is -0.138. The first-order valence-electron chi connectivity index (χ1n) is 6.66. The molecule has 0 saturated heterocycles. The summed E-state index contributed by atoms with van der Waals surface area (Å²) in [5.74, 6) is 0. The molecule has 1 aromatic carbocycles. The van der Waals surface area contributed by atoms with Gasteiger partial charge < -0.3 is 0 Å². The topological polar surface area (TPSA) is 51.2 Å². The molecule has 1 aliphatic rings. The smallest absolute Gasteiger partial charge is 0.276 e. The van der Waals surface area contributed by atoms with Crippen LogP contribution in [0.15, 0.2) is 12.1 Å². The van der Waals surface area contributed by atoms with E-state index in [1.807, 2.05) is 0 Å². The van der Waals surface area contributed by atoms with Gasteiger partial charge in [0.25, 0.3) is 5.24 Å². The summed E-state index contributed by atoms with van der Waals surface area (Å²) in [4.78, 5) is 11.3. The number of rotatable bonds is 3. The quantitative estimate of drug-likeness (QED) is 0.664. The Balaban J connectivity index is 2.80. The normalized spacial score (nSPS) is 17.9. The minimum absolute atomic E-state index is 0.155. The fraction of sp³-hybridized carbons (Fsp3) is 0.500. The van der Waals surface area contributed by atoms with Crippen LogP contribution in [0.1, 0.15) is 52.7 Å². The maximum Gasteiger partial charge on any atom is 0.416 e. The van der Waals surface area contributed by atoms with E-state index in [2.05, 4.69) is 0 Å². The number of aryl methyl sites for hydroxylation is 1. The van der Waals surface area contributed by atoms with Gasteiger partial charge in [-0.1, -0.05) is 18.9 Å². The number of hydrogen-bond donors (Lipinski definition) is 1. The Morgan fingerprint density at radius 1 is 1.23 bits per heavy atom. The molecule has 0 radical (unpaired) electrons. The highest BCUT2D eigenvalue weighted by molar-refractivity contribution is 7.73. The molecule has 1 aliphatic carbocycles. The zero-order valence-corrected chi connectivity index (χ0v) is 13.3. The number of carbonyl (C=O) groups excluding carboxylic acids is 1. The molecule has 122 valence electrons. The van der Waals surface area contributed by atoms with Gasteiger partial charge in [-0.15, -0.1) is 0 Å². The molecule has 0 heterocycles. The zero-order valence-electron chi connectivity index (χ0n) is 11.7. The Morgan fingerprint density at radius 3 is 2.18 bits per heavy atom. The molecule has 3 nitrogen and oxygen atoms in total. The number of hydrogen-bond acceptors (Lipinski definition) is 3. The van der Waals surface area contributed by atoms with Crippen LogP contribution >= 0.6 is 11.6 Å². The molecule has 8 heteroatoms. The Hall–Kier alpha value is -1.08. The second kappa shape index (κ2) is 5.85. The van der Waals surface area contributed by atoms with Crippen molar-refractivity contribution in [2.24, 2.45) is 0 Å². The van der Waals surface area contributed by atoms with Crippen molar-refractivity contribution in [1.29, 1.82) is 0 Å². The van der Waals surface area contributed by atoms with E-state index in [1.165, 1.54) is 6.92 Å². The Kier molecular flexibility index (Phi) is 4.59. The molecule has 2 rings (SSSR count). The average molecular weight is 355 g/mol. The molecular formula is C14H14ClF3O3S. The summed E-state index contributed by atoms with van der Waals surface area (Å²) >= 11 is 5.31. The molecule has 0 aromatic heterocycles. The lowest BCUT2D eigenvalue weighted by Gasteiger charge is -2.27. The average Bonchev–Trinajstić information content (AvgIpc) is 2.86. The van der Waals surface area contributed by atoms with Crippen LogP contribution in [0, 0.1) is 6.92 Å². The van der Waals surface area contributed by atoms with Crippen LogP contribution in [-0.4, -0.2) is 13.7 Å². The molecule has 0 bridgehead atoms. The van der Waals surface area contributed by atoms with Crippen molar-refractivity contribution in [3.8, 4) is 0 Å². The summed E-state index contributed by atoms with van der Waals surface area (Å²) in [5.41, 5.74) is -1.38. The van der Waals surface area contributed by atoms with Crippen molar-refractivity contribution in [1.82, 2.24) is 0 Å². The van der Waals surface area contributed by atoms with Gasteiger partial charge in [-0.25, -0.2) is 8.42 Å². The van der Waals surface area contributed by atoms with Crippen molar-refractivity contribution in [3.63, 3.8) is 0 Å². The van der Waals surface area contributed by atoms with Crippen LogP contribution in [0.3, 0.4) is 0 Å². The molecule has 1 aromatic rings. The fourth-order valence-corrected chi connectivity index (χ4v) is 4.32. The summed E-state index contributed by atoms with van der Waals surface area (Å²) < 4.78 is 62.0. The van der Waals surface area contributed by atoms with Gasteiger partial charge in [-0.05, 0) is 48.6 Å². The van der Waals surface area contributed by atoms with Crippen molar-refractivity contribution in [2.75, 3.05) is 0 Å². The van der Waals surface area contributed by atoms with Crippen LogP contribution < -0.4 is 0 Å². The van der Waals surface area contributed by atoms with Crippen LogP contribution in [0.5, 0.6) is 0 Å². The summed E-state index contributed by atoms with van der Waals surface area (Å²) in [6, 6.07) is 1.81. The number of alkyl halides is 3. The summed E-state index contributed by atoms with van der Waals surface area (Å²) in [6.07, 6.45) is -3.35. The van der Waals surface area contributed by atoms with Gasteiger partial charge >= 0.3 is 6.18 Å². The van der Waals surface area contributed by atoms with E-state index < -0.39 is 32.4 Å². The first kappa shape index (κ1) is 17.3.